The fraction of sp³-hybridized carbons (Fsp3) is 1.00. The van der Waals surface area contributed by atoms with Gasteiger partial charge in [-0.15, -0.1) is 0 Å². The molecule has 0 aromatic rings. The van der Waals surface area contributed by atoms with Crippen LogP contribution in [0.15, 0.2) is 0 Å². The van der Waals surface area contributed by atoms with Crippen LogP contribution >= 0.6 is 15.4 Å². The molecule has 0 rings (SSSR count). The van der Waals surface area contributed by atoms with E-state index in [0.29, 0.717) is 0 Å². The van der Waals surface area contributed by atoms with Gasteiger partial charge in [0.05, 0.1) is 0 Å². The van der Waals surface area contributed by atoms with Gasteiger partial charge in [0.1, 0.15) is 0 Å². The van der Waals surface area contributed by atoms with Crippen molar-refractivity contribution in [3.05, 3.63) is 0 Å². The first-order valence-electron chi connectivity index (χ1n) is 2.39. The largest absolute Gasteiger partial charge is 1.00 e. The van der Waals surface area contributed by atoms with E-state index in [1.54, 1.807) is 0 Å². The van der Waals surface area contributed by atoms with Crippen LogP contribution in [0.5, 0.6) is 0 Å². The molecule has 7 nitrogen and oxygen atoms in total. The van der Waals surface area contributed by atoms with Crippen molar-refractivity contribution >= 4 is 15.4 Å². The van der Waals surface area contributed by atoms with E-state index < -0.39 is 15.4 Å². The smallest absolute Gasteiger partial charge is 1.00 e. The van der Waals surface area contributed by atoms with Crippen LogP contribution in [0.4, 0.5) is 0 Å². The minimum atomic E-state index is -4.64. The van der Waals surface area contributed by atoms with E-state index in [1.165, 1.54) is 6.92 Å². The Labute approximate surface area is 114 Å². The Kier molecular flexibility index (Phi) is 13.3. The maximum absolute atomic E-state index is 9.69. The molecule has 0 aromatic carbocycles. The molecular formula is C2H11KO7P2. The standard InChI is InChI=1S/C2H7O3P.K.H3O4P.H/c1-2-6(3,4)5;;1-5(2,3)4;/h2H2,1H3,(H2,3,4,5);;(H3,1,2,3,4);/q;+1;;-1. The summed E-state index contributed by atoms with van der Waals surface area (Å²) in [4.78, 5) is 37.4. The summed E-state index contributed by atoms with van der Waals surface area (Å²) in [6.45, 7) is 1.45. The molecule has 72 valence electrons. The number of hydrogen-bond acceptors (Lipinski definition) is 2. The fourth-order valence-electron chi connectivity index (χ4n) is 0. The SMILES string of the molecule is CCP(=O)(O)O.O=P(O)(O)O.[H-].[K+]. The molecular weight excluding hydrogens is 237 g/mol. The molecule has 0 aliphatic carbocycles. The third-order valence-corrected chi connectivity index (χ3v) is 1.24. The molecule has 0 aliphatic heterocycles. The van der Waals surface area contributed by atoms with Crippen molar-refractivity contribution in [1.29, 1.82) is 0 Å². The van der Waals surface area contributed by atoms with Crippen LogP contribution in [0.25, 0.3) is 0 Å². The van der Waals surface area contributed by atoms with Crippen molar-refractivity contribution in [2.45, 2.75) is 6.92 Å². The predicted octanol–water partition coefficient (Wildman–Crippen LogP) is -3.63. The summed E-state index contributed by atoms with van der Waals surface area (Å²) >= 11 is 0. The number of hydrogen-bond donors (Lipinski definition) is 5. The Balaban J connectivity index is -0.0000000546. The Morgan fingerprint density at radius 1 is 1.08 bits per heavy atom. The molecule has 0 saturated heterocycles. The van der Waals surface area contributed by atoms with Gasteiger partial charge in [-0.25, -0.2) is 4.57 Å². The molecule has 0 unspecified atom stereocenters. The van der Waals surface area contributed by atoms with Crippen molar-refractivity contribution in [1.82, 2.24) is 0 Å². The summed E-state index contributed by atoms with van der Waals surface area (Å²) < 4.78 is 18.6. The maximum Gasteiger partial charge on any atom is 1.00 e. The van der Waals surface area contributed by atoms with Gasteiger partial charge in [0.15, 0.2) is 0 Å². The molecule has 5 N–H and O–H groups in total. The molecule has 0 heterocycles. The molecule has 0 radical (unpaired) electrons. The van der Waals surface area contributed by atoms with Gasteiger partial charge in [-0.05, 0) is 0 Å². The minimum Gasteiger partial charge on any atom is -1.00 e. The summed E-state index contributed by atoms with van der Waals surface area (Å²) in [6.07, 6.45) is -0.0625. The van der Waals surface area contributed by atoms with Crippen molar-refractivity contribution in [2.24, 2.45) is 0 Å². The summed E-state index contributed by atoms with van der Waals surface area (Å²) in [5.41, 5.74) is 0. The van der Waals surface area contributed by atoms with Crippen LogP contribution in [-0.4, -0.2) is 30.6 Å². The molecule has 0 atom stereocenters. The fourth-order valence-corrected chi connectivity index (χ4v) is 0. The zero-order valence-electron chi connectivity index (χ0n) is 7.65. The molecule has 10 heteroatoms. The molecule has 0 fully saturated rings. The van der Waals surface area contributed by atoms with E-state index in [1.807, 2.05) is 0 Å². The van der Waals surface area contributed by atoms with E-state index in [4.69, 9.17) is 29.0 Å². The molecule has 12 heavy (non-hydrogen) atoms. The maximum atomic E-state index is 9.69. The topological polar surface area (TPSA) is 135 Å². The predicted molar refractivity (Wildman–Crippen MR) is 38.0 cm³/mol. The van der Waals surface area contributed by atoms with Crippen molar-refractivity contribution in [3.8, 4) is 0 Å². The molecule has 0 spiro atoms. The van der Waals surface area contributed by atoms with Gasteiger partial charge in [0, 0.05) is 6.16 Å². The van der Waals surface area contributed by atoms with E-state index in [9.17, 15) is 4.57 Å². The molecule has 0 amide bonds. The zero-order valence-corrected chi connectivity index (χ0v) is 11.6. The zero-order chi connectivity index (χ0) is 9.71. The molecule has 0 bridgehead atoms. The van der Waals surface area contributed by atoms with Crippen molar-refractivity contribution in [3.63, 3.8) is 0 Å². The Hall–Kier alpha value is 1.90. The second-order valence-corrected chi connectivity index (χ2v) is 4.48. The first kappa shape index (κ1) is 19.5. The average Bonchev–Trinajstić information content (AvgIpc) is 1.59. The van der Waals surface area contributed by atoms with Gasteiger partial charge >= 0.3 is 66.8 Å². The first-order valence-corrected chi connectivity index (χ1v) is 5.75. The van der Waals surface area contributed by atoms with Crippen LogP contribution in [0.1, 0.15) is 8.35 Å². The van der Waals surface area contributed by atoms with E-state index >= 15 is 0 Å². The third kappa shape index (κ3) is 58.9. The van der Waals surface area contributed by atoms with Crippen molar-refractivity contribution in [2.75, 3.05) is 6.16 Å². The summed E-state index contributed by atoms with van der Waals surface area (Å²) in [5.74, 6) is 0. The van der Waals surface area contributed by atoms with Gasteiger partial charge in [0.25, 0.3) is 0 Å². The van der Waals surface area contributed by atoms with E-state index in [2.05, 4.69) is 0 Å². The van der Waals surface area contributed by atoms with E-state index in [0.717, 1.165) is 0 Å². The quantitative estimate of drug-likeness (QED) is 0.238. The van der Waals surface area contributed by atoms with E-state index in [-0.39, 0.29) is 59.0 Å². The average molecular weight is 248 g/mol. The van der Waals surface area contributed by atoms with Gasteiger partial charge in [-0.1, -0.05) is 6.92 Å². The van der Waals surface area contributed by atoms with Gasteiger partial charge in [-0.2, -0.15) is 0 Å². The minimum absolute atomic E-state index is 0. The number of phosphoric acid groups is 1. The van der Waals surface area contributed by atoms with Crippen molar-refractivity contribution < 1.29 is 86.4 Å². The van der Waals surface area contributed by atoms with Gasteiger partial charge in [-0.3, -0.25) is 4.57 Å². The summed E-state index contributed by atoms with van der Waals surface area (Å²) in [6, 6.07) is 0. The molecule has 0 saturated carbocycles. The van der Waals surface area contributed by atoms with Crippen LogP contribution in [0, 0.1) is 0 Å². The Morgan fingerprint density at radius 3 is 1.17 bits per heavy atom. The van der Waals surface area contributed by atoms with Crippen LogP contribution < -0.4 is 51.4 Å². The normalized spacial score (nSPS) is 10.8. The number of rotatable bonds is 1. The van der Waals surface area contributed by atoms with Crippen LogP contribution in [0.2, 0.25) is 0 Å². The van der Waals surface area contributed by atoms with Gasteiger partial charge < -0.3 is 25.9 Å². The summed E-state index contributed by atoms with van der Waals surface area (Å²) in [7, 11) is -8.29. The van der Waals surface area contributed by atoms with Gasteiger partial charge in [0.2, 0.25) is 0 Å². The second-order valence-electron chi connectivity index (χ2n) is 1.49. The molecule has 0 aromatic heterocycles. The molecule has 0 aliphatic rings. The summed E-state index contributed by atoms with van der Waals surface area (Å²) in [5, 5.41) is 0. The van der Waals surface area contributed by atoms with Crippen LogP contribution in [0.3, 0.4) is 0 Å². The Morgan fingerprint density at radius 2 is 1.17 bits per heavy atom. The first-order chi connectivity index (χ1) is 4.56. The Bertz CT molecular complexity index is 177. The third-order valence-electron chi connectivity index (χ3n) is 0.412. The monoisotopic (exact) mass is 248 g/mol. The second kappa shape index (κ2) is 8.22. The van der Waals surface area contributed by atoms with Crippen LogP contribution in [-0.2, 0) is 9.13 Å².